The lowest BCUT2D eigenvalue weighted by Crippen LogP contribution is -2.10. The summed E-state index contributed by atoms with van der Waals surface area (Å²) in [6.45, 7) is 4.32. The van der Waals surface area contributed by atoms with Gasteiger partial charge < -0.3 is 5.11 Å². The lowest BCUT2D eigenvalue weighted by atomic mass is 10.0. The number of hydrogen-bond acceptors (Lipinski definition) is 1. The molecular weight excluding hydrogens is 228 g/mol. The molecule has 1 N–H and O–H groups in total. The van der Waals surface area contributed by atoms with Gasteiger partial charge in [-0.1, -0.05) is 41.9 Å². The fraction of sp³-hybridized carbons (Fsp3) is 0.455. The Morgan fingerprint density at radius 3 is 2.23 bits per heavy atom. The topological polar surface area (TPSA) is 20.2 Å². The maximum Gasteiger partial charge on any atom is 0.115 e. The van der Waals surface area contributed by atoms with Crippen molar-refractivity contribution in [1.82, 2.24) is 0 Å². The van der Waals surface area contributed by atoms with Gasteiger partial charge in [0.25, 0.3) is 0 Å². The molecule has 2 heteroatoms. The van der Waals surface area contributed by atoms with Gasteiger partial charge in [0.15, 0.2) is 0 Å². The van der Waals surface area contributed by atoms with Crippen LogP contribution in [0.25, 0.3) is 0 Å². The van der Waals surface area contributed by atoms with Crippen LogP contribution >= 0.6 is 15.9 Å². The fourth-order valence-corrected chi connectivity index (χ4v) is 1.30. The predicted molar refractivity (Wildman–Crippen MR) is 59.4 cm³/mol. The lowest BCUT2D eigenvalue weighted by molar-refractivity contribution is 0.475. The zero-order valence-corrected chi connectivity index (χ0v) is 9.63. The molecule has 1 aromatic carbocycles. The summed E-state index contributed by atoms with van der Waals surface area (Å²) < 4.78 is 0.199. The third kappa shape index (κ3) is 4.32. The Balaban J connectivity index is 2.51. The second-order valence-corrected chi connectivity index (χ2v) is 6.03. The first-order valence-corrected chi connectivity index (χ1v) is 5.23. The summed E-state index contributed by atoms with van der Waals surface area (Å²) in [5.74, 6) is 0.335. The van der Waals surface area contributed by atoms with Crippen molar-refractivity contribution in [3.8, 4) is 5.75 Å². The van der Waals surface area contributed by atoms with Gasteiger partial charge in [0.05, 0.1) is 0 Å². The molecule has 0 fully saturated rings. The predicted octanol–water partition coefficient (Wildman–Crippen LogP) is 3.50. The monoisotopic (exact) mass is 242 g/mol. The van der Waals surface area contributed by atoms with Gasteiger partial charge in [0, 0.05) is 4.32 Å². The lowest BCUT2D eigenvalue weighted by Gasteiger charge is -2.15. The van der Waals surface area contributed by atoms with E-state index in [9.17, 15) is 0 Å². The van der Waals surface area contributed by atoms with Crippen LogP contribution in [-0.2, 0) is 6.42 Å². The smallest absolute Gasteiger partial charge is 0.115 e. The molecule has 0 spiro atoms. The van der Waals surface area contributed by atoms with Crippen molar-refractivity contribution in [2.24, 2.45) is 0 Å². The van der Waals surface area contributed by atoms with Crippen LogP contribution in [0, 0.1) is 0 Å². The molecular formula is C11H15BrO. The molecule has 0 saturated carbocycles. The van der Waals surface area contributed by atoms with Crippen LogP contribution in [-0.4, -0.2) is 9.43 Å². The molecule has 13 heavy (non-hydrogen) atoms. The number of rotatable bonds is 3. The Hall–Kier alpha value is -0.500. The van der Waals surface area contributed by atoms with Gasteiger partial charge in [-0.25, -0.2) is 0 Å². The molecule has 0 radical (unpaired) electrons. The third-order valence-electron chi connectivity index (χ3n) is 1.94. The second-order valence-electron chi connectivity index (χ2n) is 3.89. The summed E-state index contributed by atoms with van der Waals surface area (Å²) in [6.07, 6.45) is 2.14. The van der Waals surface area contributed by atoms with Crippen molar-refractivity contribution < 1.29 is 5.11 Å². The maximum absolute atomic E-state index is 9.08. The highest BCUT2D eigenvalue weighted by Crippen LogP contribution is 2.23. The zero-order valence-electron chi connectivity index (χ0n) is 8.05. The van der Waals surface area contributed by atoms with E-state index in [2.05, 4.69) is 29.8 Å². The van der Waals surface area contributed by atoms with E-state index in [-0.39, 0.29) is 4.32 Å². The fourth-order valence-electron chi connectivity index (χ4n) is 1.10. The molecule has 0 aliphatic carbocycles. The van der Waals surface area contributed by atoms with Crippen LogP contribution in [0.15, 0.2) is 24.3 Å². The number of halogens is 1. The van der Waals surface area contributed by atoms with Crippen molar-refractivity contribution in [3.05, 3.63) is 29.8 Å². The first kappa shape index (κ1) is 10.6. The average molecular weight is 243 g/mol. The number of aromatic hydroxyl groups is 1. The van der Waals surface area contributed by atoms with E-state index < -0.39 is 0 Å². The van der Waals surface area contributed by atoms with Crippen LogP contribution in [0.1, 0.15) is 25.8 Å². The Labute approximate surface area is 87.9 Å². The summed E-state index contributed by atoms with van der Waals surface area (Å²) in [6, 6.07) is 7.40. The minimum absolute atomic E-state index is 0.199. The number of hydrogen-bond donors (Lipinski definition) is 1. The van der Waals surface area contributed by atoms with Crippen molar-refractivity contribution in [1.29, 1.82) is 0 Å². The summed E-state index contributed by atoms with van der Waals surface area (Å²) in [4.78, 5) is 0. The van der Waals surface area contributed by atoms with Crippen LogP contribution in [0.5, 0.6) is 5.75 Å². The minimum atomic E-state index is 0.199. The molecule has 1 nitrogen and oxygen atoms in total. The van der Waals surface area contributed by atoms with Crippen molar-refractivity contribution in [2.45, 2.75) is 31.0 Å². The zero-order chi connectivity index (χ0) is 9.90. The quantitative estimate of drug-likeness (QED) is 0.805. The van der Waals surface area contributed by atoms with Crippen LogP contribution in [0.2, 0.25) is 0 Å². The summed E-state index contributed by atoms with van der Waals surface area (Å²) in [5.41, 5.74) is 1.27. The summed E-state index contributed by atoms with van der Waals surface area (Å²) in [7, 11) is 0. The molecule has 0 aliphatic rings. The highest BCUT2D eigenvalue weighted by atomic mass is 79.9. The van der Waals surface area contributed by atoms with Crippen LogP contribution in [0.3, 0.4) is 0 Å². The van der Waals surface area contributed by atoms with Crippen molar-refractivity contribution in [2.75, 3.05) is 0 Å². The SMILES string of the molecule is CC(C)(Br)CCc1ccc(O)cc1. The van der Waals surface area contributed by atoms with Gasteiger partial charge in [-0.05, 0) is 30.5 Å². The number of phenols is 1. The first-order chi connectivity index (χ1) is 5.97. The normalized spacial score (nSPS) is 11.6. The Kier molecular flexibility index (Phi) is 3.37. The molecule has 0 amide bonds. The van der Waals surface area contributed by atoms with Gasteiger partial charge in [-0.3, -0.25) is 0 Å². The highest BCUT2D eigenvalue weighted by molar-refractivity contribution is 9.10. The van der Waals surface area contributed by atoms with Crippen LogP contribution < -0.4 is 0 Å². The Morgan fingerprint density at radius 2 is 1.77 bits per heavy atom. The standard InChI is InChI=1S/C11H15BrO/c1-11(2,12)8-7-9-3-5-10(13)6-4-9/h3-6,13H,7-8H2,1-2H3. The summed E-state index contributed by atoms with van der Waals surface area (Å²) in [5, 5.41) is 9.08. The van der Waals surface area contributed by atoms with E-state index in [1.807, 2.05) is 12.1 Å². The molecule has 0 unspecified atom stereocenters. The minimum Gasteiger partial charge on any atom is -0.508 e. The summed E-state index contributed by atoms with van der Waals surface area (Å²) >= 11 is 3.60. The van der Waals surface area contributed by atoms with Gasteiger partial charge in [0.2, 0.25) is 0 Å². The van der Waals surface area contributed by atoms with E-state index in [4.69, 9.17) is 5.11 Å². The van der Waals surface area contributed by atoms with Crippen LogP contribution in [0.4, 0.5) is 0 Å². The second kappa shape index (κ2) is 4.14. The molecule has 0 saturated heterocycles. The number of alkyl halides is 1. The van der Waals surface area contributed by atoms with Crippen molar-refractivity contribution in [3.63, 3.8) is 0 Å². The van der Waals surface area contributed by atoms with Gasteiger partial charge in [-0.15, -0.1) is 0 Å². The molecule has 72 valence electrons. The molecule has 0 heterocycles. The Morgan fingerprint density at radius 1 is 1.23 bits per heavy atom. The van der Waals surface area contributed by atoms with E-state index in [0.717, 1.165) is 12.8 Å². The third-order valence-corrected chi connectivity index (χ3v) is 2.34. The number of benzene rings is 1. The van der Waals surface area contributed by atoms with E-state index in [1.165, 1.54) is 5.56 Å². The average Bonchev–Trinajstić information content (AvgIpc) is 2.02. The first-order valence-electron chi connectivity index (χ1n) is 4.44. The molecule has 0 atom stereocenters. The van der Waals surface area contributed by atoms with Gasteiger partial charge in [-0.2, -0.15) is 0 Å². The largest absolute Gasteiger partial charge is 0.508 e. The van der Waals surface area contributed by atoms with E-state index in [1.54, 1.807) is 12.1 Å². The highest BCUT2D eigenvalue weighted by Gasteiger charge is 2.11. The van der Waals surface area contributed by atoms with Gasteiger partial charge >= 0.3 is 0 Å². The molecule has 0 bridgehead atoms. The molecule has 1 aromatic rings. The maximum atomic E-state index is 9.08. The van der Waals surface area contributed by atoms with E-state index in [0.29, 0.717) is 5.75 Å². The van der Waals surface area contributed by atoms with Crippen molar-refractivity contribution >= 4 is 15.9 Å². The molecule has 0 aliphatic heterocycles. The number of aryl methyl sites for hydroxylation is 1. The van der Waals surface area contributed by atoms with Gasteiger partial charge in [0.1, 0.15) is 5.75 Å². The molecule has 1 rings (SSSR count). The Bertz CT molecular complexity index is 258. The number of phenolic OH excluding ortho intramolecular Hbond substituents is 1. The van der Waals surface area contributed by atoms with E-state index >= 15 is 0 Å². The molecule has 0 aromatic heterocycles.